The van der Waals surface area contributed by atoms with Crippen LogP contribution >= 0.6 is 11.8 Å². The zero-order chi connectivity index (χ0) is 13.5. The maximum atomic E-state index is 11.9. The van der Waals surface area contributed by atoms with Crippen molar-refractivity contribution in [2.75, 3.05) is 13.2 Å². The number of halogens is 1. The Morgan fingerprint density at radius 3 is 2.78 bits per heavy atom. The summed E-state index contributed by atoms with van der Waals surface area (Å²) < 4.78 is 5.30. The SMILES string of the molecule is CCOC(=O)C(CO)N(Cl)C(=O)c1ccccn1. The Labute approximate surface area is 109 Å². The van der Waals surface area contributed by atoms with Crippen LogP contribution in [0.25, 0.3) is 0 Å². The van der Waals surface area contributed by atoms with Crippen LogP contribution in [0.4, 0.5) is 0 Å². The monoisotopic (exact) mass is 272 g/mol. The van der Waals surface area contributed by atoms with Crippen molar-refractivity contribution in [2.24, 2.45) is 0 Å². The first-order valence-corrected chi connectivity index (χ1v) is 5.63. The Bertz CT molecular complexity index is 413. The number of amides is 1. The van der Waals surface area contributed by atoms with Crippen molar-refractivity contribution >= 4 is 23.7 Å². The van der Waals surface area contributed by atoms with Gasteiger partial charge in [0.25, 0.3) is 5.91 Å². The van der Waals surface area contributed by atoms with Gasteiger partial charge in [0, 0.05) is 18.0 Å². The summed E-state index contributed by atoms with van der Waals surface area (Å²) in [5.74, 6) is -1.44. The molecule has 1 N–H and O–H groups in total. The molecule has 0 aliphatic carbocycles. The van der Waals surface area contributed by atoms with Gasteiger partial charge in [-0.15, -0.1) is 0 Å². The van der Waals surface area contributed by atoms with Gasteiger partial charge in [0.15, 0.2) is 6.04 Å². The van der Waals surface area contributed by atoms with Crippen molar-refractivity contribution < 1.29 is 19.4 Å². The second-order valence-corrected chi connectivity index (χ2v) is 3.65. The van der Waals surface area contributed by atoms with Gasteiger partial charge in [-0.1, -0.05) is 6.07 Å². The molecule has 0 radical (unpaired) electrons. The molecular formula is C11H13ClN2O4. The summed E-state index contributed by atoms with van der Waals surface area (Å²) in [6, 6.07) is 3.46. The van der Waals surface area contributed by atoms with Crippen LogP contribution in [0.15, 0.2) is 24.4 Å². The summed E-state index contributed by atoms with van der Waals surface area (Å²) in [6.45, 7) is 1.13. The molecule has 18 heavy (non-hydrogen) atoms. The molecule has 0 fully saturated rings. The van der Waals surface area contributed by atoms with Gasteiger partial charge in [0.05, 0.1) is 13.2 Å². The van der Waals surface area contributed by atoms with E-state index in [9.17, 15) is 9.59 Å². The molecule has 0 saturated carbocycles. The fourth-order valence-corrected chi connectivity index (χ4v) is 1.45. The highest BCUT2D eigenvalue weighted by Gasteiger charge is 2.30. The van der Waals surface area contributed by atoms with E-state index in [4.69, 9.17) is 21.6 Å². The lowest BCUT2D eigenvalue weighted by Gasteiger charge is -2.21. The summed E-state index contributed by atoms with van der Waals surface area (Å²) in [5.41, 5.74) is 0.0789. The predicted octanol–water partition coefficient (Wildman–Crippen LogP) is 0.602. The van der Waals surface area contributed by atoms with Crippen molar-refractivity contribution in [3.8, 4) is 0 Å². The van der Waals surface area contributed by atoms with E-state index in [0.29, 0.717) is 4.42 Å². The molecule has 1 aromatic rings. The van der Waals surface area contributed by atoms with E-state index in [2.05, 4.69) is 4.98 Å². The van der Waals surface area contributed by atoms with Crippen molar-refractivity contribution in [1.29, 1.82) is 0 Å². The molecule has 1 rings (SSSR count). The van der Waals surface area contributed by atoms with E-state index in [1.807, 2.05) is 0 Å². The average molecular weight is 273 g/mol. The molecular weight excluding hydrogens is 260 g/mol. The number of carbonyl (C=O) groups is 2. The van der Waals surface area contributed by atoms with Gasteiger partial charge in [-0.25, -0.2) is 9.21 Å². The maximum Gasteiger partial charge on any atom is 0.332 e. The number of hydrogen-bond acceptors (Lipinski definition) is 5. The molecule has 0 bridgehead atoms. The first-order valence-electron chi connectivity index (χ1n) is 5.29. The standard InChI is InChI=1S/C11H13ClN2O4/c1-2-18-11(17)9(7-15)14(12)10(16)8-5-3-4-6-13-8/h3-6,9,15H,2,7H2,1H3. The van der Waals surface area contributed by atoms with Gasteiger partial charge in [0.1, 0.15) is 5.69 Å². The molecule has 1 heterocycles. The second kappa shape index (κ2) is 6.93. The van der Waals surface area contributed by atoms with Crippen molar-refractivity contribution in [3.05, 3.63) is 30.1 Å². The highest BCUT2D eigenvalue weighted by atomic mass is 35.5. The van der Waals surface area contributed by atoms with Crippen LogP contribution in [0.2, 0.25) is 0 Å². The van der Waals surface area contributed by atoms with Crippen molar-refractivity contribution in [2.45, 2.75) is 13.0 Å². The Morgan fingerprint density at radius 2 is 2.28 bits per heavy atom. The summed E-state index contributed by atoms with van der Waals surface area (Å²) in [4.78, 5) is 27.1. The van der Waals surface area contributed by atoms with Gasteiger partial charge in [-0.05, 0) is 19.1 Å². The zero-order valence-electron chi connectivity index (χ0n) is 9.75. The zero-order valence-corrected chi connectivity index (χ0v) is 10.5. The highest BCUT2D eigenvalue weighted by Crippen LogP contribution is 2.11. The number of aliphatic hydroxyl groups is 1. The van der Waals surface area contributed by atoms with E-state index in [1.54, 1.807) is 19.1 Å². The molecule has 6 nitrogen and oxygen atoms in total. The van der Waals surface area contributed by atoms with E-state index in [-0.39, 0.29) is 12.3 Å². The lowest BCUT2D eigenvalue weighted by atomic mass is 10.2. The minimum atomic E-state index is -1.25. The van der Waals surface area contributed by atoms with Crippen molar-refractivity contribution in [3.63, 3.8) is 0 Å². The third kappa shape index (κ3) is 3.41. The Morgan fingerprint density at radius 1 is 1.56 bits per heavy atom. The van der Waals surface area contributed by atoms with Crippen LogP contribution in [0, 0.1) is 0 Å². The number of hydrogen-bond donors (Lipinski definition) is 1. The minimum Gasteiger partial charge on any atom is -0.464 e. The van der Waals surface area contributed by atoms with E-state index < -0.39 is 24.5 Å². The Balaban J connectivity index is 2.81. The summed E-state index contributed by atoms with van der Waals surface area (Å²) in [7, 11) is 0. The van der Waals surface area contributed by atoms with E-state index >= 15 is 0 Å². The number of carbonyl (C=O) groups excluding carboxylic acids is 2. The third-order valence-electron chi connectivity index (χ3n) is 2.08. The van der Waals surface area contributed by atoms with Gasteiger partial charge < -0.3 is 9.84 Å². The first kappa shape index (κ1) is 14.4. The van der Waals surface area contributed by atoms with E-state index in [1.165, 1.54) is 12.3 Å². The molecule has 1 amide bonds. The number of esters is 1. The third-order valence-corrected chi connectivity index (χ3v) is 2.47. The molecule has 0 saturated heterocycles. The molecule has 0 spiro atoms. The molecule has 1 aromatic heterocycles. The van der Waals surface area contributed by atoms with Gasteiger partial charge in [-0.3, -0.25) is 9.78 Å². The van der Waals surface area contributed by atoms with Crippen LogP contribution in [0.5, 0.6) is 0 Å². The summed E-state index contributed by atoms with van der Waals surface area (Å²) in [6.07, 6.45) is 1.43. The van der Waals surface area contributed by atoms with Gasteiger partial charge in [-0.2, -0.15) is 0 Å². The number of aromatic nitrogens is 1. The second-order valence-electron chi connectivity index (χ2n) is 3.28. The number of pyridine rings is 1. The molecule has 0 aromatic carbocycles. The molecule has 1 atom stereocenters. The molecule has 0 aliphatic heterocycles. The number of nitrogens with zero attached hydrogens (tertiary/aromatic N) is 2. The average Bonchev–Trinajstić information content (AvgIpc) is 2.40. The van der Waals surface area contributed by atoms with Crippen LogP contribution in [-0.2, 0) is 9.53 Å². The highest BCUT2D eigenvalue weighted by molar-refractivity contribution is 6.25. The van der Waals surface area contributed by atoms with Gasteiger partial charge in [0.2, 0.25) is 0 Å². The number of rotatable bonds is 5. The quantitative estimate of drug-likeness (QED) is 0.627. The van der Waals surface area contributed by atoms with Crippen LogP contribution in [-0.4, -0.2) is 45.6 Å². The maximum absolute atomic E-state index is 11.9. The smallest absolute Gasteiger partial charge is 0.332 e. The number of aliphatic hydroxyl groups excluding tert-OH is 1. The molecule has 98 valence electrons. The first-order chi connectivity index (χ1) is 8.61. The topological polar surface area (TPSA) is 79.7 Å². The lowest BCUT2D eigenvalue weighted by molar-refractivity contribution is -0.148. The fourth-order valence-electron chi connectivity index (χ4n) is 1.22. The van der Waals surface area contributed by atoms with E-state index in [0.717, 1.165) is 0 Å². The molecule has 0 aliphatic rings. The lowest BCUT2D eigenvalue weighted by Crippen LogP contribution is -2.42. The Hall–Kier alpha value is -1.66. The van der Waals surface area contributed by atoms with Crippen molar-refractivity contribution in [1.82, 2.24) is 9.40 Å². The van der Waals surface area contributed by atoms with Crippen LogP contribution < -0.4 is 0 Å². The minimum absolute atomic E-state index is 0.0789. The molecule has 7 heteroatoms. The fraction of sp³-hybridized carbons (Fsp3) is 0.364. The summed E-state index contributed by atoms with van der Waals surface area (Å²) in [5, 5.41) is 9.09. The normalized spacial score (nSPS) is 11.7. The predicted molar refractivity (Wildman–Crippen MR) is 63.8 cm³/mol. The van der Waals surface area contributed by atoms with Crippen LogP contribution in [0.1, 0.15) is 17.4 Å². The van der Waals surface area contributed by atoms with Gasteiger partial charge >= 0.3 is 5.97 Å². The van der Waals surface area contributed by atoms with Crippen LogP contribution in [0.3, 0.4) is 0 Å². The Kier molecular flexibility index (Phi) is 5.54. The molecule has 1 unspecified atom stereocenters. The largest absolute Gasteiger partial charge is 0.464 e. The summed E-state index contributed by atoms with van der Waals surface area (Å²) >= 11 is 5.75. The number of ether oxygens (including phenoxy) is 1.